The number of hydrogen-bond donors (Lipinski definition) is 2. The lowest BCUT2D eigenvalue weighted by atomic mass is 10.1. The summed E-state index contributed by atoms with van der Waals surface area (Å²) in [6, 6.07) is 0. The smallest absolute Gasteiger partial charge is 0.265 e. The van der Waals surface area contributed by atoms with Crippen molar-refractivity contribution in [3.8, 4) is 0 Å². The van der Waals surface area contributed by atoms with Gasteiger partial charge in [0, 0.05) is 10.5 Å². The molecule has 0 radical (unpaired) electrons. The lowest BCUT2D eigenvalue weighted by Crippen LogP contribution is -2.43. The van der Waals surface area contributed by atoms with Crippen LogP contribution in [0.25, 0.3) is 10.4 Å². The Bertz CT molecular complexity index is 334. The highest BCUT2D eigenvalue weighted by Gasteiger charge is 2.07. The van der Waals surface area contributed by atoms with Crippen LogP contribution in [0.3, 0.4) is 0 Å². The summed E-state index contributed by atoms with van der Waals surface area (Å²) in [5.41, 5.74) is 12.7. The normalized spacial score (nSPS) is 9.00. The Morgan fingerprint density at radius 3 is 2.65 bits per heavy atom. The topological polar surface area (TPSA) is 107 Å². The quantitative estimate of drug-likeness (QED) is 0.176. The molecule has 7 nitrogen and oxygen atoms in total. The third-order valence-electron chi connectivity index (χ3n) is 2.00. The van der Waals surface area contributed by atoms with Crippen LogP contribution in [-0.4, -0.2) is 18.4 Å². The van der Waals surface area contributed by atoms with Crippen LogP contribution in [0.2, 0.25) is 0 Å². The van der Waals surface area contributed by atoms with Crippen LogP contribution in [0.5, 0.6) is 0 Å². The molecule has 94 valence electrons. The zero-order valence-electron chi connectivity index (χ0n) is 9.90. The summed E-state index contributed by atoms with van der Waals surface area (Å²) in [5, 5.41) is 3.05. The van der Waals surface area contributed by atoms with Gasteiger partial charge < -0.3 is 0 Å². The van der Waals surface area contributed by atoms with E-state index in [1.54, 1.807) is 0 Å². The number of unbranched alkanes of at least 4 members (excludes halogenated alkanes) is 2. The Kier molecular flexibility index (Phi) is 8.14. The fourth-order valence-corrected chi connectivity index (χ4v) is 1.05. The van der Waals surface area contributed by atoms with Gasteiger partial charge in [0.15, 0.2) is 0 Å². The largest absolute Gasteiger partial charge is 0.273 e. The third-order valence-corrected chi connectivity index (χ3v) is 2.00. The Morgan fingerprint density at radius 1 is 1.35 bits per heavy atom. The second-order valence-corrected chi connectivity index (χ2v) is 3.45. The molecular weight excluding hydrogens is 222 g/mol. The van der Waals surface area contributed by atoms with Crippen molar-refractivity contribution in [1.29, 1.82) is 0 Å². The number of carbonyl (C=O) groups is 2. The van der Waals surface area contributed by atoms with E-state index in [1.165, 1.54) is 0 Å². The van der Waals surface area contributed by atoms with Gasteiger partial charge in [-0.05, 0) is 18.4 Å². The molecule has 0 aliphatic rings. The number of amides is 2. The monoisotopic (exact) mass is 239 g/mol. The number of nitrogens with one attached hydrogen (secondary N) is 2. The first-order valence-electron chi connectivity index (χ1n) is 5.39. The molecule has 0 spiro atoms. The van der Waals surface area contributed by atoms with Gasteiger partial charge in [0.05, 0.1) is 0 Å². The minimum atomic E-state index is -0.572. The molecule has 0 heterocycles. The highest BCUT2D eigenvalue weighted by molar-refractivity contribution is 5.94. The van der Waals surface area contributed by atoms with Crippen molar-refractivity contribution in [3.05, 3.63) is 22.6 Å². The molecule has 0 rings (SSSR count). The van der Waals surface area contributed by atoms with E-state index in [0.29, 0.717) is 12.0 Å². The van der Waals surface area contributed by atoms with Gasteiger partial charge in [0.1, 0.15) is 6.54 Å². The Balaban J connectivity index is 3.81. The minimum Gasteiger partial charge on any atom is -0.273 e. The highest BCUT2D eigenvalue weighted by atomic mass is 16.2. The van der Waals surface area contributed by atoms with E-state index in [9.17, 15) is 9.59 Å². The number of hydrogen-bond acceptors (Lipinski definition) is 3. The van der Waals surface area contributed by atoms with E-state index in [4.69, 9.17) is 5.53 Å². The van der Waals surface area contributed by atoms with Crippen LogP contribution in [0.1, 0.15) is 32.6 Å². The molecular formula is C10H17N5O2. The molecule has 0 fully saturated rings. The third kappa shape index (κ3) is 7.87. The van der Waals surface area contributed by atoms with Crippen molar-refractivity contribution in [2.75, 3.05) is 6.54 Å². The van der Waals surface area contributed by atoms with Crippen molar-refractivity contribution in [2.45, 2.75) is 32.6 Å². The molecule has 7 heteroatoms. The van der Waals surface area contributed by atoms with Crippen LogP contribution >= 0.6 is 0 Å². The van der Waals surface area contributed by atoms with Crippen molar-refractivity contribution in [1.82, 2.24) is 10.9 Å². The van der Waals surface area contributed by atoms with E-state index < -0.39 is 11.8 Å². The fourth-order valence-electron chi connectivity index (χ4n) is 1.05. The first-order chi connectivity index (χ1) is 8.11. The highest BCUT2D eigenvalue weighted by Crippen LogP contribution is 2.06. The summed E-state index contributed by atoms with van der Waals surface area (Å²) in [7, 11) is 0. The molecule has 0 aromatic rings. The first kappa shape index (κ1) is 15.0. The summed E-state index contributed by atoms with van der Waals surface area (Å²) in [6.07, 6.45) is 3.61. The number of nitrogens with zero attached hydrogens (tertiary/aromatic N) is 3. The van der Waals surface area contributed by atoms with Crippen molar-refractivity contribution >= 4 is 11.8 Å². The van der Waals surface area contributed by atoms with Gasteiger partial charge in [-0.2, -0.15) is 0 Å². The molecule has 0 aliphatic heterocycles. The Hall–Kier alpha value is -2.01. The lowest BCUT2D eigenvalue weighted by Gasteiger charge is -2.07. The van der Waals surface area contributed by atoms with Crippen LogP contribution in [0.15, 0.2) is 17.3 Å². The molecule has 0 bridgehead atoms. The minimum absolute atomic E-state index is 0.348. The van der Waals surface area contributed by atoms with E-state index in [1.807, 2.05) is 0 Å². The van der Waals surface area contributed by atoms with Crippen LogP contribution in [-0.2, 0) is 9.59 Å². The van der Waals surface area contributed by atoms with Crippen molar-refractivity contribution < 1.29 is 9.59 Å². The van der Waals surface area contributed by atoms with Crippen LogP contribution in [0, 0.1) is 0 Å². The van der Waals surface area contributed by atoms with Gasteiger partial charge in [-0.1, -0.05) is 31.5 Å². The molecule has 17 heavy (non-hydrogen) atoms. The Morgan fingerprint density at radius 2 is 2.06 bits per heavy atom. The van der Waals surface area contributed by atoms with Crippen molar-refractivity contribution in [2.24, 2.45) is 5.11 Å². The number of hydrazine groups is 1. The first-order valence-corrected chi connectivity index (χ1v) is 5.39. The Labute approximate surface area is 99.9 Å². The fraction of sp³-hybridized carbons (Fsp3) is 0.600. The number of carbonyl (C=O) groups excluding carboxylic acids is 2. The molecule has 0 aliphatic carbocycles. The maximum Gasteiger partial charge on any atom is 0.265 e. The molecule has 2 amide bonds. The summed E-state index contributed by atoms with van der Waals surface area (Å²) in [4.78, 5) is 24.8. The molecule has 0 aromatic carbocycles. The molecule has 0 saturated carbocycles. The van der Waals surface area contributed by atoms with E-state index in [0.717, 1.165) is 19.3 Å². The SMILES string of the molecule is C=C(CCCCC)C(=O)NNC(=O)CN=[N+]=[N-]. The molecule has 0 saturated heterocycles. The van der Waals surface area contributed by atoms with Gasteiger partial charge in [-0.15, -0.1) is 0 Å². The van der Waals surface area contributed by atoms with E-state index in [-0.39, 0.29) is 6.54 Å². The predicted octanol–water partition coefficient (Wildman–Crippen LogP) is 1.58. The molecule has 0 aromatic heterocycles. The van der Waals surface area contributed by atoms with Gasteiger partial charge in [0.2, 0.25) is 5.91 Å². The van der Waals surface area contributed by atoms with Gasteiger partial charge in [0.25, 0.3) is 5.91 Å². The predicted molar refractivity (Wildman–Crippen MR) is 63.6 cm³/mol. The standard InChI is InChI=1S/C10H17N5O2/c1-3-4-5-6-8(2)10(17)14-13-9(16)7-12-15-11/h2-7H2,1H3,(H,13,16)(H,14,17). The maximum absolute atomic E-state index is 11.4. The molecule has 0 unspecified atom stereocenters. The van der Waals surface area contributed by atoms with Gasteiger partial charge >= 0.3 is 0 Å². The average Bonchev–Trinajstić information content (AvgIpc) is 2.33. The van der Waals surface area contributed by atoms with Gasteiger partial charge in [-0.25, -0.2) is 0 Å². The number of azide groups is 1. The average molecular weight is 239 g/mol. The second kappa shape index (κ2) is 9.23. The second-order valence-electron chi connectivity index (χ2n) is 3.45. The summed E-state index contributed by atoms with van der Waals surface area (Å²) in [6.45, 7) is 5.34. The molecule has 0 atom stereocenters. The van der Waals surface area contributed by atoms with E-state index in [2.05, 4.69) is 34.4 Å². The molecule has 2 N–H and O–H groups in total. The summed E-state index contributed by atoms with van der Waals surface area (Å²) < 4.78 is 0. The van der Waals surface area contributed by atoms with E-state index >= 15 is 0 Å². The summed E-state index contributed by atoms with van der Waals surface area (Å²) >= 11 is 0. The zero-order chi connectivity index (χ0) is 13.1. The summed E-state index contributed by atoms with van der Waals surface area (Å²) in [5.74, 6) is -0.993. The van der Waals surface area contributed by atoms with Crippen LogP contribution < -0.4 is 10.9 Å². The van der Waals surface area contributed by atoms with Crippen LogP contribution in [0.4, 0.5) is 0 Å². The lowest BCUT2D eigenvalue weighted by molar-refractivity contribution is -0.126. The zero-order valence-corrected chi connectivity index (χ0v) is 9.90. The maximum atomic E-state index is 11.4. The number of rotatable bonds is 7. The van der Waals surface area contributed by atoms with Crippen molar-refractivity contribution in [3.63, 3.8) is 0 Å². The van der Waals surface area contributed by atoms with Gasteiger partial charge in [-0.3, -0.25) is 20.4 Å².